The number of rotatable bonds is 11. The van der Waals surface area contributed by atoms with E-state index in [0.717, 1.165) is 36.6 Å². The van der Waals surface area contributed by atoms with Gasteiger partial charge in [0.25, 0.3) is 5.91 Å². The van der Waals surface area contributed by atoms with Crippen LogP contribution in [0.5, 0.6) is 11.5 Å². The minimum Gasteiger partial charge on any atom is -0.493 e. The predicted molar refractivity (Wildman–Crippen MR) is 126 cm³/mol. The lowest BCUT2D eigenvalue weighted by molar-refractivity contribution is 0.0951. The van der Waals surface area contributed by atoms with E-state index in [1.54, 1.807) is 25.4 Å². The summed E-state index contributed by atoms with van der Waals surface area (Å²) < 4.78 is 13.2. The lowest BCUT2D eigenvalue weighted by atomic mass is 10.1. The third-order valence-electron chi connectivity index (χ3n) is 5.45. The Balaban J connectivity index is 1.56. The summed E-state index contributed by atoms with van der Waals surface area (Å²) >= 11 is 0. The predicted octanol–water partition coefficient (Wildman–Crippen LogP) is 3.84. The van der Waals surface area contributed by atoms with E-state index < -0.39 is 0 Å². The zero-order chi connectivity index (χ0) is 22.9. The lowest BCUT2D eigenvalue weighted by Crippen LogP contribution is -2.28. The summed E-state index contributed by atoms with van der Waals surface area (Å²) in [6.07, 6.45) is 1.76. The summed E-state index contributed by atoms with van der Waals surface area (Å²) in [5.41, 5.74) is 3.50. The Morgan fingerprint density at radius 2 is 1.81 bits per heavy atom. The molecule has 7 nitrogen and oxygen atoms in total. The monoisotopic (exact) mass is 436 g/mol. The number of aryl methyl sites for hydroxylation is 1. The minimum absolute atomic E-state index is 0.132. The standard InChI is InChI=1S/C25H32N4O3/c1-5-28(6-2)15-16-32-23-12-7-20(17-24(23)31-4)18-26-25(30)21-8-10-22(11-9-21)29-19(3)13-14-27-29/h7-14,17H,5-6,15-16,18H2,1-4H3,(H,26,30). The van der Waals surface area contributed by atoms with Crippen molar-refractivity contribution >= 4 is 5.91 Å². The van der Waals surface area contributed by atoms with Gasteiger partial charge in [0.05, 0.1) is 12.8 Å². The van der Waals surface area contributed by atoms with E-state index in [-0.39, 0.29) is 5.91 Å². The number of hydrogen-bond donors (Lipinski definition) is 1. The summed E-state index contributed by atoms with van der Waals surface area (Å²) in [4.78, 5) is 14.9. The summed E-state index contributed by atoms with van der Waals surface area (Å²) in [6.45, 7) is 10.1. The van der Waals surface area contributed by atoms with Gasteiger partial charge in [-0.2, -0.15) is 5.10 Å². The summed E-state index contributed by atoms with van der Waals surface area (Å²) in [6, 6.07) is 15.1. The van der Waals surface area contributed by atoms with Gasteiger partial charge in [0.1, 0.15) is 6.61 Å². The molecule has 3 aromatic rings. The first-order valence-electron chi connectivity index (χ1n) is 11.0. The van der Waals surface area contributed by atoms with Gasteiger partial charge < -0.3 is 19.7 Å². The highest BCUT2D eigenvalue weighted by atomic mass is 16.5. The van der Waals surface area contributed by atoms with Crippen LogP contribution in [0.15, 0.2) is 54.7 Å². The number of hydrogen-bond acceptors (Lipinski definition) is 5. The fraction of sp³-hybridized carbons (Fsp3) is 0.360. The molecule has 1 amide bonds. The Kier molecular flexibility index (Phi) is 8.27. The third-order valence-corrected chi connectivity index (χ3v) is 5.45. The van der Waals surface area contributed by atoms with Gasteiger partial charge in [-0.1, -0.05) is 19.9 Å². The molecule has 0 aliphatic rings. The Labute approximate surface area is 190 Å². The average Bonchev–Trinajstić information content (AvgIpc) is 3.26. The molecule has 0 atom stereocenters. The summed E-state index contributed by atoms with van der Waals surface area (Å²) in [5.74, 6) is 1.24. The molecule has 0 aliphatic carbocycles. The van der Waals surface area contributed by atoms with Gasteiger partial charge in [-0.05, 0) is 68.0 Å². The molecule has 32 heavy (non-hydrogen) atoms. The molecule has 0 saturated heterocycles. The van der Waals surface area contributed by atoms with Crippen LogP contribution in [0.3, 0.4) is 0 Å². The first-order chi connectivity index (χ1) is 15.5. The highest BCUT2D eigenvalue weighted by molar-refractivity contribution is 5.94. The van der Waals surface area contributed by atoms with Gasteiger partial charge in [-0.3, -0.25) is 4.79 Å². The first kappa shape index (κ1) is 23.3. The van der Waals surface area contributed by atoms with Crippen LogP contribution in [-0.2, 0) is 6.54 Å². The molecule has 1 N–H and O–H groups in total. The number of nitrogens with zero attached hydrogens (tertiary/aromatic N) is 3. The Morgan fingerprint density at radius 3 is 2.44 bits per heavy atom. The van der Waals surface area contributed by atoms with E-state index in [0.29, 0.717) is 30.2 Å². The fourth-order valence-corrected chi connectivity index (χ4v) is 3.44. The number of carbonyl (C=O) groups is 1. The van der Waals surface area contributed by atoms with E-state index in [1.165, 1.54) is 0 Å². The van der Waals surface area contributed by atoms with Gasteiger partial charge in [0, 0.05) is 30.5 Å². The molecule has 0 spiro atoms. The molecule has 170 valence electrons. The van der Waals surface area contributed by atoms with Gasteiger partial charge in [-0.15, -0.1) is 0 Å². The lowest BCUT2D eigenvalue weighted by Gasteiger charge is -2.19. The van der Waals surface area contributed by atoms with Crippen molar-refractivity contribution in [2.24, 2.45) is 0 Å². The van der Waals surface area contributed by atoms with Crippen molar-refractivity contribution in [3.63, 3.8) is 0 Å². The van der Waals surface area contributed by atoms with Crippen molar-refractivity contribution in [3.8, 4) is 17.2 Å². The van der Waals surface area contributed by atoms with Crippen molar-refractivity contribution in [3.05, 3.63) is 71.5 Å². The van der Waals surface area contributed by atoms with E-state index in [9.17, 15) is 4.79 Å². The number of ether oxygens (including phenoxy) is 2. The molecule has 3 rings (SSSR count). The van der Waals surface area contributed by atoms with Crippen LogP contribution in [-0.4, -0.2) is 53.9 Å². The Hall–Kier alpha value is -3.32. The van der Waals surface area contributed by atoms with Crippen molar-refractivity contribution in [1.82, 2.24) is 20.0 Å². The molecule has 1 heterocycles. The smallest absolute Gasteiger partial charge is 0.251 e. The van der Waals surface area contributed by atoms with Crippen LogP contribution in [0.1, 0.15) is 35.5 Å². The van der Waals surface area contributed by atoms with E-state index in [2.05, 4.69) is 29.2 Å². The number of methoxy groups -OCH3 is 1. The Bertz CT molecular complexity index is 1010. The number of benzene rings is 2. The van der Waals surface area contributed by atoms with Crippen LogP contribution in [0.25, 0.3) is 5.69 Å². The van der Waals surface area contributed by atoms with Crippen molar-refractivity contribution in [2.75, 3.05) is 33.4 Å². The second-order valence-corrected chi connectivity index (χ2v) is 7.47. The van der Waals surface area contributed by atoms with Crippen LogP contribution < -0.4 is 14.8 Å². The quantitative estimate of drug-likeness (QED) is 0.495. The van der Waals surface area contributed by atoms with Crippen molar-refractivity contribution in [2.45, 2.75) is 27.3 Å². The maximum Gasteiger partial charge on any atom is 0.251 e. The van der Waals surface area contributed by atoms with E-state index in [4.69, 9.17) is 9.47 Å². The van der Waals surface area contributed by atoms with Crippen molar-refractivity contribution < 1.29 is 14.3 Å². The van der Waals surface area contributed by atoms with Crippen LogP contribution in [0.2, 0.25) is 0 Å². The van der Waals surface area contributed by atoms with Crippen molar-refractivity contribution in [1.29, 1.82) is 0 Å². The van der Waals surface area contributed by atoms with E-state index >= 15 is 0 Å². The van der Waals surface area contributed by atoms with Gasteiger partial charge >= 0.3 is 0 Å². The summed E-state index contributed by atoms with van der Waals surface area (Å²) in [5, 5.41) is 7.25. The molecular formula is C25H32N4O3. The number of amides is 1. The normalized spacial score (nSPS) is 10.9. The highest BCUT2D eigenvalue weighted by Gasteiger charge is 2.10. The molecule has 1 aromatic heterocycles. The molecular weight excluding hydrogens is 404 g/mol. The largest absolute Gasteiger partial charge is 0.493 e. The molecule has 0 aliphatic heterocycles. The van der Waals surface area contributed by atoms with Crippen LogP contribution in [0, 0.1) is 6.92 Å². The van der Waals surface area contributed by atoms with Gasteiger partial charge in [-0.25, -0.2) is 4.68 Å². The molecule has 0 radical (unpaired) electrons. The minimum atomic E-state index is -0.132. The first-order valence-corrected chi connectivity index (χ1v) is 11.0. The molecule has 0 fully saturated rings. The number of nitrogens with one attached hydrogen (secondary N) is 1. The topological polar surface area (TPSA) is 68.6 Å². The zero-order valence-corrected chi connectivity index (χ0v) is 19.3. The number of aromatic nitrogens is 2. The Morgan fingerprint density at radius 1 is 1.06 bits per heavy atom. The molecule has 0 saturated carbocycles. The molecule has 7 heteroatoms. The highest BCUT2D eigenvalue weighted by Crippen LogP contribution is 2.28. The molecule has 0 bridgehead atoms. The zero-order valence-electron chi connectivity index (χ0n) is 19.3. The van der Waals surface area contributed by atoms with Gasteiger partial charge in [0.15, 0.2) is 11.5 Å². The average molecular weight is 437 g/mol. The molecule has 2 aromatic carbocycles. The number of likely N-dealkylation sites (N-methyl/N-ethyl adjacent to an activating group) is 1. The third kappa shape index (κ3) is 5.88. The van der Waals surface area contributed by atoms with Crippen LogP contribution in [0.4, 0.5) is 0 Å². The van der Waals surface area contributed by atoms with Gasteiger partial charge in [0.2, 0.25) is 0 Å². The maximum absolute atomic E-state index is 12.6. The SMILES string of the molecule is CCN(CC)CCOc1ccc(CNC(=O)c2ccc(-n3nccc3C)cc2)cc1OC. The maximum atomic E-state index is 12.6. The second-order valence-electron chi connectivity index (χ2n) is 7.47. The number of carbonyl (C=O) groups excluding carboxylic acids is 1. The fourth-order valence-electron chi connectivity index (χ4n) is 3.44. The summed E-state index contributed by atoms with van der Waals surface area (Å²) in [7, 11) is 1.62. The second kappa shape index (κ2) is 11.3. The van der Waals surface area contributed by atoms with Crippen LogP contribution >= 0.6 is 0 Å². The van der Waals surface area contributed by atoms with E-state index in [1.807, 2.05) is 48.0 Å². The molecule has 0 unspecified atom stereocenters.